The molecule has 0 spiro atoms. The van der Waals surface area contributed by atoms with E-state index in [-0.39, 0.29) is 0 Å². The summed E-state index contributed by atoms with van der Waals surface area (Å²) in [5, 5.41) is 7.63. The van der Waals surface area contributed by atoms with Crippen LogP contribution in [-0.2, 0) is 0 Å². The number of halogens is 1. The van der Waals surface area contributed by atoms with E-state index in [0.29, 0.717) is 33.3 Å². The molecule has 0 radical (unpaired) electrons. The number of nitrogen functional groups attached to an aromatic ring is 1. The quantitative estimate of drug-likeness (QED) is 0.519. The van der Waals surface area contributed by atoms with E-state index in [1.54, 1.807) is 40.8 Å². The maximum Gasteiger partial charge on any atom is 0.297 e. The molecule has 0 amide bonds. The Morgan fingerprint density at radius 1 is 1.45 bits per heavy atom. The van der Waals surface area contributed by atoms with E-state index in [1.165, 1.54) is 0 Å². The van der Waals surface area contributed by atoms with E-state index in [9.17, 15) is 0 Å². The summed E-state index contributed by atoms with van der Waals surface area (Å²) in [6, 6.07) is 0. The molecule has 0 aliphatic rings. The van der Waals surface area contributed by atoms with Gasteiger partial charge in [0.25, 0.3) is 5.65 Å². The van der Waals surface area contributed by atoms with Crippen LogP contribution in [0.4, 0.5) is 11.5 Å². The number of nitrogens with zero attached hydrogens (tertiary/aromatic N) is 4. The van der Waals surface area contributed by atoms with E-state index < -0.39 is 0 Å². The first-order chi connectivity index (χ1) is 9.70. The molecule has 7 nitrogen and oxygen atoms in total. The zero-order chi connectivity index (χ0) is 13.9. The third-order valence-corrected chi connectivity index (χ3v) is 3.65. The van der Waals surface area contributed by atoms with Gasteiger partial charge in [0.15, 0.2) is 16.7 Å². The van der Waals surface area contributed by atoms with Gasteiger partial charge in [-0.3, -0.25) is 0 Å². The van der Waals surface area contributed by atoms with Gasteiger partial charge in [-0.2, -0.15) is 9.50 Å². The van der Waals surface area contributed by atoms with Crippen LogP contribution < -0.4 is 15.5 Å². The highest BCUT2D eigenvalue weighted by Crippen LogP contribution is 2.31. The number of pyridine rings is 1. The Kier molecular flexibility index (Phi) is 2.11. The van der Waals surface area contributed by atoms with E-state index in [1.807, 2.05) is 0 Å². The van der Waals surface area contributed by atoms with Gasteiger partial charge in [0.2, 0.25) is 5.82 Å². The van der Waals surface area contributed by atoms with Gasteiger partial charge in [0, 0.05) is 7.05 Å². The van der Waals surface area contributed by atoms with Crippen LogP contribution in [0, 0.1) is 0 Å². The maximum atomic E-state index is 6.31. The summed E-state index contributed by atoms with van der Waals surface area (Å²) in [5.74, 6) is 0.458. The number of hydrogen-bond acceptors (Lipinski definition) is 5. The lowest BCUT2D eigenvalue weighted by Gasteiger charge is -2.05. The second-order valence-electron chi connectivity index (χ2n) is 4.34. The van der Waals surface area contributed by atoms with Crippen LogP contribution in [0.25, 0.3) is 22.3 Å². The molecular weight excluding hydrogens is 280 g/mol. The van der Waals surface area contributed by atoms with Crippen molar-refractivity contribution in [3.63, 3.8) is 0 Å². The van der Waals surface area contributed by atoms with Crippen LogP contribution in [0.5, 0.6) is 0 Å². The topological polar surface area (TPSA) is 85.5 Å². The molecule has 0 saturated carbocycles. The van der Waals surface area contributed by atoms with Gasteiger partial charge in [0.1, 0.15) is 23.1 Å². The molecule has 2 bridgehead atoms. The maximum absolute atomic E-state index is 6.31. The highest BCUT2D eigenvalue weighted by molar-refractivity contribution is 6.36. The summed E-state index contributed by atoms with van der Waals surface area (Å²) in [4.78, 5) is 4.38. The normalized spacial score (nSPS) is 11.7. The third kappa shape index (κ3) is 1.27. The first-order valence-electron chi connectivity index (χ1n) is 5.92. The van der Waals surface area contributed by atoms with Crippen molar-refractivity contribution >= 4 is 45.4 Å². The van der Waals surface area contributed by atoms with E-state index in [0.717, 1.165) is 5.52 Å². The molecule has 4 aromatic heterocycles. The summed E-state index contributed by atoms with van der Waals surface area (Å²) in [6.45, 7) is 0. The van der Waals surface area contributed by atoms with Crippen LogP contribution >= 0.6 is 11.6 Å². The lowest BCUT2D eigenvalue weighted by atomic mass is 10.3. The molecule has 0 aromatic carbocycles. The predicted octanol–water partition coefficient (Wildman–Crippen LogP) is 1.49. The second kappa shape index (κ2) is 3.73. The van der Waals surface area contributed by atoms with Crippen molar-refractivity contribution in [2.75, 3.05) is 18.1 Å². The number of nitrogens with one attached hydrogen (secondary N) is 1. The predicted molar refractivity (Wildman–Crippen MR) is 74.9 cm³/mol. The zero-order valence-corrected chi connectivity index (χ0v) is 11.2. The highest BCUT2D eigenvalue weighted by atomic mass is 35.5. The number of anilines is 2. The van der Waals surface area contributed by atoms with Crippen molar-refractivity contribution in [1.29, 1.82) is 0 Å². The van der Waals surface area contributed by atoms with Crippen LogP contribution in [0.1, 0.15) is 0 Å². The van der Waals surface area contributed by atoms with E-state index >= 15 is 0 Å². The van der Waals surface area contributed by atoms with Crippen LogP contribution in [0.2, 0.25) is 5.02 Å². The van der Waals surface area contributed by atoms with Crippen molar-refractivity contribution in [3.05, 3.63) is 29.8 Å². The second-order valence-corrected chi connectivity index (χ2v) is 4.72. The minimum Gasteiger partial charge on any atom is -0.448 e. The summed E-state index contributed by atoms with van der Waals surface area (Å²) < 4.78 is 9.25. The number of rotatable bonds is 1. The summed E-state index contributed by atoms with van der Waals surface area (Å²) in [6.07, 6.45) is 6.75. The SMILES string of the molecule is CNc1c(Cl)c2c[n+](c1N)c1nccn3ncc(o2)c13. The van der Waals surface area contributed by atoms with E-state index in [4.69, 9.17) is 21.8 Å². The standard InChI is InChI=1S/C12H9ClN6O/c1-15-9-8(13)7-5-18(11(9)14)12-10-6(20-7)4-17-19(10)3-2-16-12/h2-5,14-15H,1H3/p+1. The zero-order valence-electron chi connectivity index (χ0n) is 10.5. The largest absolute Gasteiger partial charge is 0.448 e. The van der Waals surface area contributed by atoms with Gasteiger partial charge >= 0.3 is 0 Å². The smallest absolute Gasteiger partial charge is 0.297 e. The molecule has 0 saturated heterocycles. The van der Waals surface area contributed by atoms with E-state index in [2.05, 4.69) is 15.4 Å². The molecule has 0 unspecified atom stereocenters. The Labute approximate surface area is 117 Å². The Hall–Kier alpha value is -2.54. The van der Waals surface area contributed by atoms with Crippen LogP contribution in [0.3, 0.4) is 0 Å². The van der Waals surface area contributed by atoms with Crippen molar-refractivity contribution in [2.24, 2.45) is 0 Å². The number of aromatic nitrogens is 4. The molecule has 0 fully saturated rings. The Morgan fingerprint density at radius 2 is 2.30 bits per heavy atom. The van der Waals surface area contributed by atoms with Crippen LogP contribution in [0.15, 0.2) is 29.2 Å². The third-order valence-electron chi connectivity index (χ3n) is 3.27. The molecule has 0 aliphatic heterocycles. The molecular formula is C12H10ClN6O+. The van der Waals surface area contributed by atoms with Gasteiger partial charge in [-0.05, 0) is 0 Å². The van der Waals surface area contributed by atoms with Gasteiger partial charge in [-0.1, -0.05) is 11.6 Å². The minimum absolute atomic E-state index is 0.424. The Balaban J connectivity index is 2.41. The first-order valence-corrected chi connectivity index (χ1v) is 6.30. The number of fused-ring (bicyclic) bond motifs is 3. The average Bonchev–Trinajstić information content (AvgIpc) is 2.78. The summed E-state index contributed by atoms with van der Waals surface area (Å²) >= 11 is 6.31. The molecule has 0 aliphatic carbocycles. The fourth-order valence-corrected chi connectivity index (χ4v) is 2.63. The van der Waals surface area contributed by atoms with Crippen molar-refractivity contribution in [3.8, 4) is 0 Å². The lowest BCUT2D eigenvalue weighted by Crippen LogP contribution is -2.27. The molecule has 4 rings (SSSR count). The molecule has 20 heavy (non-hydrogen) atoms. The number of nitrogens with two attached hydrogens (primary N) is 1. The van der Waals surface area contributed by atoms with Gasteiger partial charge in [-0.15, -0.1) is 4.98 Å². The lowest BCUT2D eigenvalue weighted by molar-refractivity contribution is -0.494. The van der Waals surface area contributed by atoms with Gasteiger partial charge in [-0.25, -0.2) is 4.52 Å². The van der Waals surface area contributed by atoms with Gasteiger partial charge in [0.05, 0.1) is 12.4 Å². The van der Waals surface area contributed by atoms with Gasteiger partial charge < -0.3 is 15.5 Å². The van der Waals surface area contributed by atoms with Crippen molar-refractivity contribution in [2.45, 2.75) is 0 Å². The Morgan fingerprint density at radius 3 is 3.10 bits per heavy atom. The van der Waals surface area contributed by atoms with Crippen molar-refractivity contribution in [1.82, 2.24) is 14.6 Å². The molecule has 3 N–H and O–H groups in total. The molecule has 4 heterocycles. The summed E-state index contributed by atoms with van der Waals surface area (Å²) in [5.41, 5.74) is 9.24. The fraction of sp³-hybridized carbons (Fsp3) is 0.0833. The fourth-order valence-electron chi connectivity index (χ4n) is 2.35. The first kappa shape index (κ1) is 11.3. The molecule has 100 valence electrons. The molecule has 8 heteroatoms. The molecule has 4 aromatic rings. The monoisotopic (exact) mass is 289 g/mol. The Bertz CT molecular complexity index is 972. The minimum atomic E-state index is 0.424. The molecule has 0 atom stereocenters. The highest BCUT2D eigenvalue weighted by Gasteiger charge is 2.21. The number of hydrogen-bond donors (Lipinski definition) is 2. The van der Waals surface area contributed by atoms with Crippen LogP contribution in [-0.4, -0.2) is 21.6 Å². The average molecular weight is 290 g/mol. The summed E-state index contributed by atoms with van der Waals surface area (Å²) in [7, 11) is 1.75. The van der Waals surface area contributed by atoms with Crippen molar-refractivity contribution < 1.29 is 8.82 Å².